The maximum Gasteiger partial charge on any atom is 0.260 e. The lowest BCUT2D eigenvalue weighted by molar-refractivity contribution is -0.139. The summed E-state index contributed by atoms with van der Waals surface area (Å²) in [4.78, 5) is 16.2. The first kappa shape index (κ1) is 26.5. The third kappa shape index (κ3) is 4.27. The number of fused-ring (bicyclic) bond motifs is 4. The Bertz CT molecular complexity index is 1380. The SMILES string of the molecule is C=C(C)[C@H]1Cc2c(ccc(C3=NN(C(=O)C(C)N4CCCCC4)C4COc5cc(OC)c(OC)cc5C34)c2O)O1. The average molecular weight is 548 g/mol. The van der Waals surface area contributed by atoms with Gasteiger partial charge in [0.05, 0.1) is 31.9 Å². The van der Waals surface area contributed by atoms with Gasteiger partial charge in [-0.3, -0.25) is 9.69 Å². The molecular weight excluding hydrogens is 510 g/mol. The van der Waals surface area contributed by atoms with E-state index >= 15 is 0 Å². The summed E-state index contributed by atoms with van der Waals surface area (Å²) in [6, 6.07) is 6.74. The summed E-state index contributed by atoms with van der Waals surface area (Å²) in [6.45, 7) is 9.98. The summed E-state index contributed by atoms with van der Waals surface area (Å²) >= 11 is 0. The minimum absolute atomic E-state index is 0.0641. The van der Waals surface area contributed by atoms with Crippen molar-refractivity contribution < 1.29 is 28.8 Å². The van der Waals surface area contributed by atoms with Gasteiger partial charge in [0, 0.05) is 29.2 Å². The van der Waals surface area contributed by atoms with Crippen LogP contribution in [0.2, 0.25) is 0 Å². The van der Waals surface area contributed by atoms with Crippen molar-refractivity contribution in [3.05, 3.63) is 53.1 Å². The Labute approximate surface area is 235 Å². The van der Waals surface area contributed by atoms with Crippen LogP contribution in [0.1, 0.15) is 55.7 Å². The van der Waals surface area contributed by atoms with Gasteiger partial charge in [-0.1, -0.05) is 13.0 Å². The molecule has 9 heteroatoms. The van der Waals surface area contributed by atoms with Gasteiger partial charge in [0.25, 0.3) is 5.91 Å². The monoisotopic (exact) mass is 547 g/mol. The molecular formula is C31H37N3O6. The molecule has 1 saturated heterocycles. The van der Waals surface area contributed by atoms with Gasteiger partial charge >= 0.3 is 0 Å². The molecule has 0 aromatic heterocycles. The Morgan fingerprint density at radius 2 is 1.85 bits per heavy atom. The Morgan fingerprint density at radius 1 is 1.12 bits per heavy atom. The standard InChI is InChI=1S/C31H37N3O6/c1-17(2)24-14-21-23(40-24)10-9-19(30(21)35)29-28-20-13-26(37-4)27(38-5)15-25(20)39-16-22(28)34(32-29)31(36)18(3)33-11-7-6-8-12-33/h9-10,13,15,18,22,24,28,35H,1,6-8,11-12,14,16H2,2-5H3/t18?,22?,24-,28?/m1/s1. The van der Waals surface area contributed by atoms with Crippen molar-refractivity contribution in [3.8, 4) is 28.7 Å². The number of hydrogen-bond donors (Lipinski definition) is 1. The van der Waals surface area contributed by atoms with Crippen LogP contribution in [-0.2, 0) is 11.2 Å². The van der Waals surface area contributed by atoms with E-state index in [2.05, 4.69) is 11.5 Å². The number of phenols is 1. The third-order valence-corrected chi connectivity index (χ3v) is 8.72. The zero-order valence-corrected chi connectivity index (χ0v) is 23.6. The molecule has 4 aliphatic heterocycles. The van der Waals surface area contributed by atoms with Crippen LogP contribution >= 0.6 is 0 Å². The summed E-state index contributed by atoms with van der Waals surface area (Å²) in [7, 11) is 3.18. The lowest BCUT2D eigenvalue weighted by Crippen LogP contribution is -2.51. The Balaban J connectivity index is 1.44. The molecule has 212 valence electrons. The highest BCUT2D eigenvalue weighted by atomic mass is 16.5. The molecule has 4 atom stereocenters. The molecule has 1 N–H and O–H groups in total. The molecule has 9 nitrogen and oxygen atoms in total. The van der Waals surface area contributed by atoms with Crippen molar-refractivity contribution in [1.29, 1.82) is 0 Å². The van der Waals surface area contributed by atoms with E-state index in [1.165, 1.54) is 6.42 Å². The van der Waals surface area contributed by atoms with E-state index in [9.17, 15) is 9.90 Å². The van der Waals surface area contributed by atoms with Gasteiger partial charge in [-0.05, 0) is 63.6 Å². The Morgan fingerprint density at radius 3 is 2.55 bits per heavy atom. The predicted molar refractivity (Wildman–Crippen MR) is 151 cm³/mol. The minimum Gasteiger partial charge on any atom is -0.507 e. The van der Waals surface area contributed by atoms with Crippen molar-refractivity contribution in [1.82, 2.24) is 9.91 Å². The normalized spacial score (nSPS) is 24.1. The summed E-state index contributed by atoms with van der Waals surface area (Å²) in [6.07, 6.45) is 3.72. The molecule has 3 unspecified atom stereocenters. The largest absolute Gasteiger partial charge is 0.507 e. The predicted octanol–water partition coefficient (Wildman–Crippen LogP) is 4.25. The van der Waals surface area contributed by atoms with Crippen molar-refractivity contribution in [2.45, 2.75) is 63.6 Å². The second kappa shape index (κ2) is 10.4. The number of amides is 1. The summed E-state index contributed by atoms with van der Waals surface area (Å²) in [5.74, 6) is 2.16. The van der Waals surface area contributed by atoms with Gasteiger partial charge in [-0.25, -0.2) is 5.01 Å². The fourth-order valence-electron chi connectivity index (χ4n) is 6.39. The zero-order chi connectivity index (χ0) is 28.1. The minimum atomic E-state index is -0.368. The molecule has 4 aliphatic rings. The lowest BCUT2D eigenvalue weighted by Gasteiger charge is -2.36. The van der Waals surface area contributed by atoms with Gasteiger partial charge in [-0.15, -0.1) is 0 Å². The number of rotatable bonds is 6. The summed E-state index contributed by atoms with van der Waals surface area (Å²) in [5, 5.41) is 18.1. The highest BCUT2D eigenvalue weighted by molar-refractivity contribution is 6.10. The van der Waals surface area contributed by atoms with E-state index in [0.29, 0.717) is 40.7 Å². The number of phenolic OH excluding ortho intramolecular Hbond substituents is 1. The maximum absolute atomic E-state index is 14.0. The molecule has 1 amide bonds. The molecule has 0 radical (unpaired) electrons. The van der Waals surface area contributed by atoms with Crippen LogP contribution in [0.5, 0.6) is 28.7 Å². The second-order valence-corrected chi connectivity index (χ2v) is 11.1. The van der Waals surface area contributed by atoms with Gasteiger partial charge in [0.15, 0.2) is 11.5 Å². The maximum atomic E-state index is 14.0. The fourth-order valence-corrected chi connectivity index (χ4v) is 6.39. The number of hydrogen-bond acceptors (Lipinski definition) is 8. The lowest BCUT2D eigenvalue weighted by atomic mass is 9.82. The topological polar surface area (TPSA) is 93.1 Å². The number of methoxy groups -OCH3 is 2. The van der Waals surface area contributed by atoms with Crippen LogP contribution in [0, 0.1) is 0 Å². The fraction of sp³-hybridized carbons (Fsp3) is 0.484. The van der Waals surface area contributed by atoms with E-state index in [1.807, 2.05) is 38.1 Å². The average Bonchev–Trinajstić information content (AvgIpc) is 3.59. The summed E-state index contributed by atoms with van der Waals surface area (Å²) < 4.78 is 23.4. The highest BCUT2D eigenvalue weighted by Crippen LogP contribution is 2.49. The second-order valence-electron chi connectivity index (χ2n) is 11.1. The molecule has 0 bridgehead atoms. The van der Waals surface area contributed by atoms with Crippen LogP contribution in [0.15, 0.2) is 41.5 Å². The van der Waals surface area contributed by atoms with Crippen LogP contribution in [0.25, 0.3) is 0 Å². The van der Waals surface area contributed by atoms with Crippen LogP contribution < -0.4 is 18.9 Å². The van der Waals surface area contributed by atoms with Crippen molar-refractivity contribution in [2.75, 3.05) is 33.9 Å². The van der Waals surface area contributed by atoms with Gasteiger partial charge in [-0.2, -0.15) is 5.10 Å². The molecule has 1 fully saturated rings. The first-order valence-corrected chi connectivity index (χ1v) is 14.0. The summed E-state index contributed by atoms with van der Waals surface area (Å²) in [5.41, 5.74) is 3.68. The van der Waals surface area contributed by atoms with E-state index in [4.69, 9.17) is 24.0 Å². The number of carbonyl (C=O) groups excluding carboxylic acids is 1. The van der Waals surface area contributed by atoms with Crippen LogP contribution in [0.3, 0.4) is 0 Å². The molecule has 40 heavy (non-hydrogen) atoms. The third-order valence-electron chi connectivity index (χ3n) is 8.72. The van der Waals surface area contributed by atoms with E-state index in [1.54, 1.807) is 19.2 Å². The van der Waals surface area contributed by atoms with Crippen molar-refractivity contribution in [2.24, 2.45) is 5.10 Å². The quantitative estimate of drug-likeness (QED) is 0.541. The zero-order valence-electron chi connectivity index (χ0n) is 23.6. The number of likely N-dealkylation sites (tertiary alicyclic amines) is 1. The number of hydrazone groups is 1. The van der Waals surface area contributed by atoms with Crippen molar-refractivity contribution >= 4 is 11.6 Å². The molecule has 2 aromatic carbocycles. The number of piperidine rings is 1. The number of nitrogens with zero attached hydrogens (tertiary/aromatic N) is 3. The first-order chi connectivity index (χ1) is 19.3. The molecule has 0 aliphatic carbocycles. The Kier molecular flexibility index (Phi) is 6.86. The van der Waals surface area contributed by atoms with Gasteiger partial charge in [0.1, 0.15) is 36.0 Å². The van der Waals surface area contributed by atoms with E-state index < -0.39 is 0 Å². The van der Waals surface area contributed by atoms with Gasteiger partial charge in [0.2, 0.25) is 0 Å². The van der Waals surface area contributed by atoms with E-state index in [0.717, 1.165) is 42.6 Å². The van der Waals surface area contributed by atoms with Crippen LogP contribution in [0.4, 0.5) is 0 Å². The van der Waals surface area contributed by atoms with Crippen LogP contribution in [-0.4, -0.2) is 78.7 Å². The number of aromatic hydroxyl groups is 1. The molecule has 0 spiro atoms. The number of ether oxygens (including phenoxy) is 4. The highest BCUT2D eigenvalue weighted by Gasteiger charge is 2.48. The Hall–Kier alpha value is -3.72. The smallest absolute Gasteiger partial charge is 0.260 e. The van der Waals surface area contributed by atoms with Crippen molar-refractivity contribution in [3.63, 3.8) is 0 Å². The number of benzene rings is 2. The molecule has 2 aromatic rings. The number of carbonyl (C=O) groups is 1. The van der Waals surface area contributed by atoms with E-state index in [-0.39, 0.29) is 42.4 Å². The first-order valence-electron chi connectivity index (χ1n) is 14.0. The molecule has 0 saturated carbocycles. The molecule has 4 heterocycles. The van der Waals surface area contributed by atoms with Gasteiger partial charge < -0.3 is 24.1 Å². The molecule has 6 rings (SSSR count).